The van der Waals surface area contributed by atoms with Crippen LogP contribution in [-0.4, -0.2) is 40.4 Å². The number of rotatable bonds is 7. The average Bonchev–Trinajstić information content (AvgIpc) is 2.79. The van der Waals surface area contributed by atoms with Crippen molar-refractivity contribution in [3.05, 3.63) is 53.6 Å². The molecule has 0 radical (unpaired) electrons. The third-order valence-corrected chi connectivity index (χ3v) is 5.86. The lowest BCUT2D eigenvalue weighted by Gasteiger charge is -2.32. The molecule has 168 valence electrons. The maximum absolute atomic E-state index is 11.3. The Bertz CT molecular complexity index is 1090. The molecule has 8 nitrogen and oxygen atoms in total. The molecule has 1 amide bonds. The number of methoxy groups -OCH3 is 1. The summed E-state index contributed by atoms with van der Waals surface area (Å²) in [7, 11) is 1.65. The van der Waals surface area contributed by atoms with Gasteiger partial charge >= 0.3 is 6.09 Å². The number of amides is 1. The van der Waals surface area contributed by atoms with Crippen molar-refractivity contribution < 1.29 is 14.6 Å². The molecule has 4 N–H and O–H groups in total. The minimum Gasteiger partial charge on any atom is -0.497 e. The van der Waals surface area contributed by atoms with Gasteiger partial charge in [0.25, 0.3) is 0 Å². The average molecular weight is 436 g/mol. The lowest BCUT2D eigenvalue weighted by atomic mass is 9.90. The number of ether oxygens (including phenoxy) is 1. The van der Waals surface area contributed by atoms with E-state index in [2.05, 4.69) is 27.0 Å². The molecule has 0 spiro atoms. The number of benzene rings is 2. The van der Waals surface area contributed by atoms with Gasteiger partial charge in [-0.25, -0.2) is 9.78 Å². The minimum atomic E-state index is -0.992. The van der Waals surface area contributed by atoms with Crippen LogP contribution in [0.15, 0.2) is 42.5 Å². The van der Waals surface area contributed by atoms with E-state index in [0.29, 0.717) is 12.5 Å². The van der Waals surface area contributed by atoms with Crippen molar-refractivity contribution in [2.45, 2.75) is 51.2 Å². The minimum absolute atomic E-state index is 0.0205. The summed E-state index contributed by atoms with van der Waals surface area (Å²) in [6.45, 7) is 2.61. The molecule has 1 aromatic heterocycles. The van der Waals surface area contributed by atoms with Gasteiger partial charge in [0.15, 0.2) is 0 Å². The van der Waals surface area contributed by atoms with Crippen molar-refractivity contribution in [2.75, 3.05) is 17.7 Å². The van der Waals surface area contributed by atoms with E-state index in [0.717, 1.165) is 59.3 Å². The number of hydrogen-bond donors (Lipinski definition) is 4. The number of aromatic nitrogens is 2. The molecular weight excluding hydrogens is 406 g/mol. The monoisotopic (exact) mass is 435 g/mol. The highest BCUT2D eigenvalue weighted by Gasteiger charge is 2.27. The summed E-state index contributed by atoms with van der Waals surface area (Å²) in [5, 5.41) is 19.7. The number of fused-ring (bicyclic) bond motifs is 1. The van der Waals surface area contributed by atoms with Gasteiger partial charge in [-0.05, 0) is 49.6 Å². The fraction of sp³-hybridized carbons (Fsp3) is 0.375. The third-order valence-electron chi connectivity index (χ3n) is 5.86. The fourth-order valence-electron chi connectivity index (χ4n) is 4.17. The molecule has 2 aromatic carbocycles. The predicted octanol–water partition coefficient (Wildman–Crippen LogP) is 4.55. The molecule has 4 rings (SSSR count). The smallest absolute Gasteiger partial charge is 0.404 e. The second kappa shape index (κ2) is 9.72. The Kier molecular flexibility index (Phi) is 6.58. The molecule has 1 saturated carbocycles. The molecule has 32 heavy (non-hydrogen) atoms. The van der Waals surface area contributed by atoms with Crippen LogP contribution in [0.2, 0.25) is 0 Å². The first kappa shape index (κ1) is 21.7. The highest BCUT2D eigenvalue weighted by atomic mass is 16.5. The van der Waals surface area contributed by atoms with Crippen molar-refractivity contribution in [3.8, 4) is 5.75 Å². The molecule has 1 fully saturated rings. The van der Waals surface area contributed by atoms with Gasteiger partial charge in [0.1, 0.15) is 11.6 Å². The van der Waals surface area contributed by atoms with Gasteiger partial charge in [0.05, 0.1) is 18.7 Å². The summed E-state index contributed by atoms with van der Waals surface area (Å²) in [6, 6.07) is 13.8. The molecule has 1 aliphatic carbocycles. The summed E-state index contributed by atoms with van der Waals surface area (Å²) >= 11 is 0. The summed E-state index contributed by atoms with van der Waals surface area (Å²) in [5.74, 6) is 2.06. The Morgan fingerprint density at radius 3 is 2.56 bits per heavy atom. The van der Waals surface area contributed by atoms with Gasteiger partial charge in [-0.3, -0.25) is 0 Å². The van der Waals surface area contributed by atoms with Gasteiger partial charge < -0.3 is 25.8 Å². The molecule has 0 unspecified atom stereocenters. The van der Waals surface area contributed by atoms with Crippen molar-refractivity contribution in [3.63, 3.8) is 0 Å². The number of hydrogen-bond acceptors (Lipinski definition) is 6. The van der Waals surface area contributed by atoms with Crippen LogP contribution in [0, 0.1) is 6.92 Å². The van der Waals surface area contributed by atoms with E-state index >= 15 is 0 Å². The van der Waals surface area contributed by atoms with Gasteiger partial charge in [-0.1, -0.05) is 36.6 Å². The van der Waals surface area contributed by atoms with Gasteiger partial charge in [0, 0.05) is 18.0 Å². The van der Waals surface area contributed by atoms with E-state index < -0.39 is 6.09 Å². The van der Waals surface area contributed by atoms with Crippen LogP contribution in [-0.2, 0) is 6.54 Å². The maximum atomic E-state index is 11.3. The summed E-state index contributed by atoms with van der Waals surface area (Å²) in [5.41, 5.74) is 3.04. The highest BCUT2D eigenvalue weighted by Crippen LogP contribution is 2.28. The van der Waals surface area contributed by atoms with Crippen molar-refractivity contribution in [1.29, 1.82) is 0 Å². The predicted molar refractivity (Wildman–Crippen MR) is 125 cm³/mol. The molecule has 0 bridgehead atoms. The summed E-state index contributed by atoms with van der Waals surface area (Å²) < 4.78 is 5.22. The first-order chi connectivity index (χ1) is 15.5. The van der Waals surface area contributed by atoms with Gasteiger partial charge in [0.2, 0.25) is 5.95 Å². The zero-order valence-corrected chi connectivity index (χ0v) is 18.4. The topological polar surface area (TPSA) is 108 Å². The Labute approximate surface area is 187 Å². The van der Waals surface area contributed by atoms with E-state index in [1.165, 1.54) is 0 Å². The van der Waals surface area contributed by atoms with Crippen molar-refractivity contribution in [1.82, 2.24) is 15.3 Å². The van der Waals surface area contributed by atoms with E-state index in [-0.39, 0.29) is 12.1 Å². The Morgan fingerprint density at radius 2 is 1.84 bits per heavy atom. The van der Waals surface area contributed by atoms with Gasteiger partial charge in [-0.15, -0.1) is 0 Å². The van der Waals surface area contributed by atoms with Crippen LogP contribution in [0.4, 0.5) is 16.6 Å². The number of carbonyl (C=O) groups is 1. The second-order valence-corrected chi connectivity index (χ2v) is 8.21. The molecule has 3 aromatic rings. The summed E-state index contributed by atoms with van der Waals surface area (Å²) in [6.07, 6.45) is 2.78. The van der Waals surface area contributed by atoms with Crippen LogP contribution < -0.4 is 20.7 Å². The molecule has 0 saturated heterocycles. The number of nitrogens with one attached hydrogen (secondary N) is 3. The van der Waals surface area contributed by atoms with Crippen molar-refractivity contribution >= 4 is 28.8 Å². The van der Waals surface area contributed by atoms with Crippen LogP contribution in [0.25, 0.3) is 10.9 Å². The largest absolute Gasteiger partial charge is 0.497 e. The summed E-state index contributed by atoms with van der Waals surface area (Å²) in [4.78, 5) is 20.7. The zero-order valence-electron chi connectivity index (χ0n) is 18.4. The SMILES string of the molecule is COc1ccc(CNc2nc(N[C@H]3CCCC[C@H]3NC(=O)O)c3cc(C)ccc3n2)cc1. The molecule has 1 aliphatic rings. The first-order valence-corrected chi connectivity index (χ1v) is 10.9. The van der Waals surface area contributed by atoms with Crippen LogP contribution >= 0.6 is 0 Å². The van der Waals surface area contributed by atoms with Crippen LogP contribution in [0.3, 0.4) is 0 Å². The first-order valence-electron chi connectivity index (χ1n) is 10.9. The Balaban J connectivity index is 1.59. The highest BCUT2D eigenvalue weighted by molar-refractivity contribution is 5.90. The van der Waals surface area contributed by atoms with Crippen LogP contribution in [0.1, 0.15) is 36.8 Å². The number of nitrogens with zero attached hydrogens (tertiary/aromatic N) is 2. The van der Waals surface area contributed by atoms with E-state index in [1.54, 1.807) is 7.11 Å². The molecular formula is C24H29N5O3. The standard InChI is InChI=1S/C24H29N5O3/c1-15-7-12-19-18(13-15)22(26-20-5-3-4-6-21(20)28-24(30)31)29-23(27-19)25-14-16-8-10-17(32-2)11-9-16/h7-13,20-21,28H,3-6,14H2,1-2H3,(H,30,31)(H2,25,26,27,29)/t20-,21+/m0/s1. The van der Waals surface area contributed by atoms with E-state index in [4.69, 9.17) is 9.72 Å². The second-order valence-electron chi connectivity index (χ2n) is 8.21. The zero-order chi connectivity index (χ0) is 22.5. The molecule has 0 aliphatic heterocycles. The normalized spacial score (nSPS) is 18.2. The number of aryl methyl sites for hydroxylation is 1. The number of anilines is 2. The molecule has 1 heterocycles. The number of carboxylic acid groups (broad SMARTS) is 1. The lowest BCUT2D eigenvalue weighted by molar-refractivity contribution is 0.184. The maximum Gasteiger partial charge on any atom is 0.404 e. The van der Waals surface area contributed by atoms with Crippen LogP contribution in [0.5, 0.6) is 5.75 Å². The third kappa shape index (κ3) is 5.19. The molecule has 2 atom stereocenters. The molecule has 8 heteroatoms. The van der Waals surface area contributed by atoms with Crippen molar-refractivity contribution in [2.24, 2.45) is 0 Å². The fourth-order valence-corrected chi connectivity index (χ4v) is 4.17. The quantitative estimate of drug-likeness (QED) is 0.431. The van der Waals surface area contributed by atoms with E-state index in [9.17, 15) is 9.90 Å². The van der Waals surface area contributed by atoms with Gasteiger partial charge in [-0.2, -0.15) is 4.98 Å². The van der Waals surface area contributed by atoms with E-state index in [1.807, 2.05) is 43.3 Å². The lowest BCUT2D eigenvalue weighted by Crippen LogP contribution is -2.48. The Hall–Kier alpha value is -3.55. The Morgan fingerprint density at radius 1 is 1.09 bits per heavy atom.